The van der Waals surface area contributed by atoms with Crippen LogP contribution in [-0.2, 0) is 16.4 Å². The van der Waals surface area contributed by atoms with Gasteiger partial charge in [-0.25, -0.2) is 8.42 Å². The van der Waals surface area contributed by atoms with Crippen molar-refractivity contribution in [3.63, 3.8) is 0 Å². The second kappa shape index (κ2) is 8.52. The monoisotopic (exact) mass is 426 g/mol. The van der Waals surface area contributed by atoms with Crippen molar-refractivity contribution in [1.29, 1.82) is 0 Å². The van der Waals surface area contributed by atoms with Crippen LogP contribution in [0.4, 0.5) is 0 Å². The maximum atomic E-state index is 13.0. The molecule has 1 amide bonds. The summed E-state index contributed by atoms with van der Waals surface area (Å²) in [5.74, 6) is 0.541. The number of carbonyl (C=O) groups excluding carboxylic acids is 1. The van der Waals surface area contributed by atoms with Gasteiger partial charge in [-0.05, 0) is 72.9 Å². The summed E-state index contributed by atoms with van der Waals surface area (Å²) in [4.78, 5) is 13.1. The van der Waals surface area contributed by atoms with Crippen LogP contribution in [0.1, 0.15) is 60.6 Å². The number of hydrogen-bond donors (Lipinski definition) is 1. The zero-order valence-electron chi connectivity index (χ0n) is 17.7. The predicted octanol–water partition coefficient (Wildman–Crippen LogP) is 4.16. The van der Waals surface area contributed by atoms with E-state index in [0.29, 0.717) is 30.5 Å². The van der Waals surface area contributed by atoms with Gasteiger partial charge in [0.2, 0.25) is 10.0 Å². The van der Waals surface area contributed by atoms with Crippen LogP contribution in [0, 0.1) is 11.8 Å². The van der Waals surface area contributed by atoms with Gasteiger partial charge in [0.25, 0.3) is 5.91 Å². The number of nitrogens with zero attached hydrogens (tertiary/aromatic N) is 1. The summed E-state index contributed by atoms with van der Waals surface area (Å²) < 4.78 is 27.7. The summed E-state index contributed by atoms with van der Waals surface area (Å²) >= 11 is 0. The smallest absolute Gasteiger partial charge is 0.251 e. The van der Waals surface area contributed by atoms with E-state index < -0.39 is 10.0 Å². The molecule has 0 spiro atoms. The molecule has 0 bridgehead atoms. The van der Waals surface area contributed by atoms with Crippen molar-refractivity contribution in [3.05, 3.63) is 65.2 Å². The second-order valence-electron chi connectivity index (χ2n) is 8.91. The van der Waals surface area contributed by atoms with Crippen molar-refractivity contribution in [1.82, 2.24) is 9.62 Å². The van der Waals surface area contributed by atoms with E-state index in [1.165, 1.54) is 11.1 Å². The van der Waals surface area contributed by atoms with Crippen LogP contribution in [0.15, 0.2) is 53.4 Å². The summed E-state index contributed by atoms with van der Waals surface area (Å²) in [6.45, 7) is 5.29. The van der Waals surface area contributed by atoms with E-state index in [9.17, 15) is 13.2 Å². The molecule has 4 rings (SSSR count). The Morgan fingerprint density at radius 2 is 1.67 bits per heavy atom. The molecule has 1 heterocycles. The van der Waals surface area contributed by atoms with Gasteiger partial charge in [0.1, 0.15) is 0 Å². The van der Waals surface area contributed by atoms with E-state index >= 15 is 0 Å². The maximum absolute atomic E-state index is 13.0. The second-order valence-corrected chi connectivity index (χ2v) is 10.8. The average Bonchev–Trinajstić information content (AvgIpc) is 2.73. The minimum atomic E-state index is -3.54. The largest absolute Gasteiger partial charge is 0.345 e. The Bertz CT molecular complexity index is 1010. The molecule has 0 aromatic heterocycles. The van der Waals surface area contributed by atoms with Gasteiger partial charge in [0.05, 0.1) is 10.9 Å². The van der Waals surface area contributed by atoms with Crippen molar-refractivity contribution in [2.24, 2.45) is 11.8 Å². The third-order valence-corrected chi connectivity index (χ3v) is 8.11. The number of hydrogen-bond acceptors (Lipinski definition) is 3. The van der Waals surface area contributed by atoms with E-state index in [2.05, 4.69) is 31.3 Å². The fraction of sp³-hybridized carbons (Fsp3) is 0.458. The van der Waals surface area contributed by atoms with Gasteiger partial charge in [-0.15, -0.1) is 0 Å². The lowest BCUT2D eigenvalue weighted by molar-refractivity contribution is 0.0932. The summed E-state index contributed by atoms with van der Waals surface area (Å²) in [7, 11) is -3.54. The van der Waals surface area contributed by atoms with Crippen LogP contribution in [0.2, 0.25) is 0 Å². The molecule has 2 aliphatic rings. The van der Waals surface area contributed by atoms with E-state index in [1.54, 1.807) is 28.6 Å². The molecular weight excluding hydrogens is 396 g/mol. The summed E-state index contributed by atoms with van der Waals surface area (Å²) in [6, 6.07) is 14.6. The Balaban J connectivity index is 1.48. The SMILES string of the molecule is C[C@@H]1C[C@@H](C)CN(S(=O)(=O)c2ccc(C(=O)N[C@@H]3CCCc4ccccc43)cc2)C1. The van der Waals surface area contributed by atoms with E-state index in [4.69, 9.17) is 0 Å². The number of aryl methyl sites for hydroxylation is 1. The summed E-state index contributed by atoms with van der Waals surface area (Å²) in [5.41, 5.74) is 2.96. The van der Waals surface area contributed by atoms with Gasteiger partial charge in [-0.3, -0.25) is 4.79 Å². The number of fused-ring (bicyclic) bond motifs is 1. The Hall–Kier alpha value is -2.18. The molecule has 1 N–H and O–H groups in total. The molecule has 3 atom stereocenters. The van der Waals surface area contributed by atoms with Gasteiger partial charge in [-0.2, -0.15) is 4.31 Å². The number of amides is 1. The molecule has 0 unspecified atom stereocenters. The van der Waals surface area contributed by atoms with Crippen LogP contribution >= 0.6 is 0 Å². The average molecular weight is 427 g/mol. The first kappa shape index (κ1) is 21.1. The van der Waals surface area contributed by atoms with Crippen molar-refractivity contribution in [2.45, 2.75) is 50.5 Å². The van der Waals surface area contributed by atoms with Crippen molar-refractivity contribution < 1.29 is 13.2 Å². The standard InChI is InChI=1S/C24H30N2O3S/c1-17-14-18(2)16-26(15-17)30(28,29)21-12-10-20(11-13-21)24(27)25-23-9-5-7-19-6-3-4-8-22(19)23/h3-4,6,8,10-13,17-18,23H,5,7,9,14-16H2,1-2H3,(H,25,27)/t17-,18-,23-/m1/s1. The van der Waals surface area contributed by atoms with Gasteiger partial charge < -0.3 is 5.32 Å². The molecule has 160 valence electrons. The third kappa shape index (κ3) is 4.30. The predicted molar refractivity (Wildman–Crippen MR) is 118 cm³/mol. The fourth-order valence-corrected chi connectivity index (χ4v) is 6.55. The number of benzene rings is 2. The zero-order chi connectivity index (χ0) is 21.3. The highest BCUT2D eigenvalue weighted by Crippen LogP contribution is 2.30. The summed E-state index contributed by atoms with van der Waals surface area (Å²) in [5, 5.41) is 3.13. The molecule has 0 saturated carbocycles. The van der Waals surface area contributed by atoms with E-state index in [0.717, 1.165) is 25.7 Å². The highest BCUT2D eigenvalue weighted by Gasteiger charge is 2.31. The van der Waals surface area contributed by atoms with Crippen LogP contribution in [-0.4, -0.2) is 31.7 Å². The topological polar surface area (TPSA) is 66.5 Å². The molecule has 0 radical (unpaired) electrons. The molecule has 2 aromatic carbocycles. The fourth-order valence-electron chi connectivity index (χ4n) is 4.87. The first-order chi connectivity index (χ1) is 14.3. The van der Waals surface area contributed by atoms with Crippen LogP contribution in [0.3, 0.4) is 0 Å². The molecule has 2 aromatic rings. The molecular formula is C24H30N2O3S. The maximum Gasteiger partial charge on any atom is 0.251 e. The van der Waals surface area contributed by atoms with Crippen LogP contribution < -0.4 is 5.32 Å². The van der Waals surface area contributed by atoms with E-state index in [-0.39, 0.29) is 16.8 Å². The Labute approximate surface area is 179 Å². The Morgan fingerprint density at radius 3 is 2.37 bits per heavy atom. The van der Waals surface area contributed by atoms with Gasteiger partial charge in [0.15, 0.2) is 0 Å². The molecule has 1 fully saturated rings. The molecule has 6 heteroatoms. The molecule has 1 saturated heterocycles. The van der Waals surface area contributed by atoms with Crippen molar-refractivity contribution in [2.75, 3.05) is 13.1 Å². The number of rotatable bonds is 4. The first-order valence-electron chi connectivity index (χ1n) is 10.8. The lowest BCUT2D eigenvalue weighted by Crippen LogP contribution is -2.42. The molecule has 1 aliphatic carbocycles. The third-order valence-electron chi connectivity index (χ3n) is 6.26. The number of nitrogens with one attached hydrogen (secondary N) is 1. The summed E-state index contributed by atoms with van der Waals surface area (Å²) in [6.07, 6.45) is 4.06. The van der Waals surface area contributed by atoms with E-state index in [1.807, 2.05) is 12.1 Å². The number of carbonyl (C=O) groups is 1. The Kier molecular flexibility index (Phi) is 5.98. The number of piperidine rings is 1. The van der Waals surface area contributed by atoms with Gasteiger partial charge in [0, 0.05) is 18.7 Å². The Morgan fingerprint density at radius 1 is 1.00 bits per heavy atom. The molecule has 1 aliphatic heterocycles. The highest BCUT2D eigenvalue weighted by molar-refractivity contribution is 7.89. The highest BCUT2D eigenvalue weighted by atomic mass is 32.2. The van der Waals surface area contributed by atoms with Crippen LogP contribution in [0.5, 0.6) is 0 Å². The van der Waals surface area contributed by atoms with Gasteiger partial charge >= 0.3 is 0 Å². The van der Waals surface area contributed by atoms with Crippen LogP contribution in [0.25, 0.3) is 0 Å². The minimum Gasteiger partial charge on any atom is -0.345 e. The first-order valence-corrected chi connectivity index (χ1v) is 12.3. The lowest BCUT2D eigenvalue weighted by Gasteiger charge is -2.34. The van der Waals surface area contributed by atoms with Gasteiger partial charge in [-0.1, -0.05) is 38.1 Å². The quantitative estimate of drug-likeness (QED) is 0.798. The normalized spacial score (nSPS) is 24.8. The minimum absolute atomic E-state index is 0.00202. The van der Waals surface area contributed by atoms with Crippen molar-refractivity contribution >= 4 is 15.9 Å². The van der Waals surface area contributed by atoms with Crippen molar-refractivity contribution in [3.8, 4) is 0 Å². The lowest BCUT2D eigenvalue weighted by atomic mass is 9.87. The molecule has 30 heavy (non-hydrogen) atoms. The zero-order valence-corrected chi connectivity index (χ0v) is 18.5. The number of sulfonamides is 1. The molecule has 5 nitrogen and oxygen atoms in total.